The topological polar surface area (TPSA) is 78.3 Å². The molecule has 0 saturated heterocycles. The molecule has 0 radical (unpaired) electrons. The van der Waals surface area contributed by atoms with E-state index in [2.05, 4.69) is 4.98 Å². The normalized spacial score (nSPS) is 11.9. The van der Waals surface area contributed by atoms with E-state index in [-0.39, 0.29) is 17.7 Å². The summed E-state index contributed by atoms with van der Waals surface area (Å²) in [6.45, 7) is 1.06. The molecular formula is C19H15FN2O4. The van der Waals surface area contributed by atoms with Crippen LogP contribution in [0.25, 0.3) is 10.9 Å². The third-order valence-electron chi connectivity index (χ3n) is 3.84. The van der Waals surface area contributed by atoms with Crippen LogP contribution in [-0.4, -0.2) is 27.4 Å². The molecule has 26 heavy (non-hydrogen) atoms. The van der Waals surface area contributed by atoms with Crippen molar-refractivity contribution >= 4 is 22.7 Å². The minimum absolute atomic E-state index is 0.233. The molecule has 2 aromatic carbocycles. The summed E-state index contributed by atoms with van der Waals surface area (Å²) in [5.74, 6) is -1.66. The van der Waals surface area contributed by atoms with E-state index in [4.69, 9.17) is 4.74 Å². The zero-order chi connectivity index (χ0) is 18.7. The van der Waals surface area contributed by atoms with Crippen LogP contribution < -0.4 is 5.56 Å². The van der Waals surface area contributed by atoms with E-state index >= 15 is 0 Å². The third kappa shape index (κ3) is 3.66. The lowest BCUT2D eigenvalue weighted by atomic mass is 10.1. The first kappa shape index (κ1) is 17.5. The second-order valence-corrected chi connectivity index (χ2v) is 5.70. The van der Waals surface area contributed by atoms with E-state index in [1.165, 1.54) is 25.4 Å². The molecule has 0 bridgehead atoms. The molecule has 0 saturated carbocycles. The molecule has 7 heteroatoms. The van der Waals surface area contributed by atoms with Gasteiger partial charge in [0.15, 0.2) is 6.10 Å². The molecule has 0 amide bonds. The summed E-state index contributed by atoms with van der Waals surface area (Å²) >= 11 is 0. The number of para-hydroxylation sites is 1. The first-order chi connectivity index (χ1) is 12.5. The van der Waals surface area contributed by atoms with Crippen LogP contribution in [0, 0.1) is 5.82 Å². The number of Topliss-reactive ketones (excluding diaryl/α,β-unsaturated/α-hetero) is 1. The molecule has 6 nitrogen and oxygen atoms in total. The van der Waals surface area contributed by atoms with Crippen molar-refractivity contribution in [1.29, 1.82) is 0 Å². The fourth-order valence-electron chi connectivity index (χ4n) is 2.49. The monoisotopic (exact) mass is 354 g/mol. The molecule has 3 aromatic rings. The van der Waals surface area contributed by atoms with Gasteiger partial charge in [0.2, 0.25) is 5.78 Å². The number of ketones is 1. The summed E-state index contributed by atoms with van der Waals surface area (Å²) in [6, 6.07) is 11.7. The van der Waals surface area contributed by atoms with Gasteiger partial charge in [-0.05, 0) is 43.3 Å². The summed E-state index contributed by atoms with van der Waals surface area (Å²) in [4.78, 5) is 40.8. The van der Waals surface area contributed by atoms with Gasteiger partial charge in [0.25, 0.3) is 5.56 Å². The maximum absolute atomic E-state index is 12.9. The Hall–Kier alpha value is -3.35. The molecule has 3 rings (SSSR count). The molecule has 0 aliphatic carbocycles. The predicted molar refractivity (Wildman–Crippen MR) is 92.3 cm³/mol. The van der Waals surface area contributed by atoms with Crippen LogP contribution >= 0.6 is 0 Å². The van der Waals surface area contributed by atoms with Crippen molar-refractivity contribution in [1.82, 2.24) is 9.55 Å². The molecular weight excluding hydrogens is 339 g/mol. The molecule has 132 valence electrons. The van der Waals surface area contributed by atoms with Gasteiger partial charge in [-0.25, -0.2) is 9.37 Å². The number of ether oxygens (including phenoxy) is 1. The maximum Gasteiger partial charge on any atom is 0.326 e. The highest BCUT2D eigenvalue weighted by molar-refractivity contribution is 6.00. The lowest BCUT2D eigenvalue weighted by molar-refractivity contribution is -0.147. The number of carbonyl (C=O) groups excluding carboxylic acids is 2. The quantitative estimate of drug-likeness (QED) is 0.519. The molecule has 0 fully saturated rings. The highest BCUT2D eigenvalue weighted by Gasteiger charge is 2.20. The van der Waals surface area contributed by atoms with Gasteiger partial charge in [0.05, 0.1) is 17.2 Å². The van der Waals surface area contributed by atoms with Gasteiger partial charge in [-0.2, -0.15) is 0 Å². The molecule has 0 N–H and O–H groups in total. The second kappa shape index (κ2) is 7.26. The van der Waals surface area contributed by atoms with E-state index in [1.807, 2.05) is 0 Å². The highest BCUT2D eigenvalue weighted by Crippen LogP contribution is 2.09. The number of fused-ring (bicyclic) bond motifs is 1. The molecule has 0 aliphatic heterocycles. The number of hydrogen-bond acceptors (Lipinski definition) is 5. The van der Waals surface area contributed by atoms with Crippen LogP contribution in [0.15, 0.2) is 59.7 Å². The van der Waals surface area contributed by atoms with E-state index in [0.717, 1.165) is 16.7 Å². The number of benzene rings is 2. The van der Waals surface area contributed by atoms with Gasteiger partial charge in [-0.15, -0.1) is 0 Å². The van der Waals surface area contributed by atoms with Gasteiger partial charge in [-0.3, -0.25) is 19.0 Å². The van der Waals surface area contributed by atoms with Gasteiger partial charge in [-0.1, -0.05) is 12.1 Å². The Morgan fingerprint density at radius 1 is 1.15 bits per heavy atom. The molecule has 1 heterocycles. The summed E-state index contributed by atoms with van der Waals surface area (Å²) in [5, 5.41) is 0.387. The number of esters is 1. The predicted octanol–water partition coefficient (Wildman–Crippen LogP) is 2.35. The number of halogens is 1. The number of carbonyl (C=O) groups is 2. The van der Waals surface area contributed by atoms with Crippen molar-refractivity contribution in [3.8, 4) is 0 Å². The van der Waals surface area contributed by atoms with E-state index < -0.39 is 23.7 Å². The zero-order valence-corrected chi connectivity index (χ0v) is 13.9. The Morgan fingerprint density at radius 3 is 2.58 bits per heavy atom. The van der Waals surface area contributed by atoms with Gasteiger partial charge >= 0.3 is 5.97 Å². The molecule has 1 aromatic heterocycles. The Morgan fingerprint density at radius 2 is 1.85 bits per heavy atom. The van der Waals surface area contributed by atoms with Gasteiger partial charge < -0.3 is 4.74 Å². The molecule has 0 unspecified atom stereocenters. The lowest BCUT2D eigenvalue weighted by Crippen LogP contribution is -2.30. The average molecular weight is 354 g/mol. The Kier molecular flexibility index (Phi) is 4.88. The number of aromatic nitrogens is 2. The van der Waals surface area contributed by atoms with Crippen LogP contribution in [0.2, 0.25) is 0 Å². The van der Waals surface area contributed by atoms with E-state index in [9.17, 15) is 18.8 Å². The standard InChI is InChI=1S/C19H15FN2O4/c1-12(18(24)13-6-8-14(20)9-7-13)26-17(23)10-22-11-21-16-5-3-2-4-15(16)19(22)25/h2-9,11-12H,10H2,1H3/t12-/m0/s1. The minimum Gasteiger partial charge on any atom is -0.453 e. The number of rotatable bonds is 5. The van der Waals surface area contributed by atoms with Crippen molar-refractivity contribution in [2.24, 2.45) is 0 Å². The lowest BCUT2D eigenvalue weighted by Gasteiger charge is -2.13. The molecule has 1 atom stereocenters. The largest absolute Gasteiger partial charge is 0.453 e. The summed E-state index contributed by atoms with van der Waals surface area (Å²) in [6.07, 6.45) is 0.204. The van der Waals surface area contributed by atoms with Crippen molar-refractivity contribution < 1.29 is 18.7 Å². The van der Waals surface area contributed by atoms with E-state index in [1.54, 1.807) is 24.3 Å². The zero-order valence-electron chi connectivity index (χ0n) is 13.9. The van der Waals surface area contributed by atoms with E-state index in [0.29, 0.717) is 10.9 Å². The Bertz CT molecular complexity index is 1030. The Labute approximate surface area is 147 Å². The molecule has 0 aliphatic rings. The van der Waals surface area contributed by atoms with Gasteiger partial charge in [0, 0.05) is 5.56 Å². The fourth-order valence-corrected chi connectivity index (χ4v) is 2.49. The summed E-state index contributed by atoms with van der Waals surface area (Å²) in [5.41, 5.74) is 0.392. The van der Waals surface area contributed by atoms with Crippen LogP contribution in [0.1, 0.15) is 17.3 Å². The second-order valence-electron chi connectivity index (χ2n) is 5.70. The van der Waals surface area contributed by atoms with Crippen molar-refractivity contribution in [3.05, 3.63) is 76.6 Å². The van der Waals surface area contributed by atoms with Crippen molar-refractivity contribution in [2.45, 2.75) is 19.6 Å². The highest BCUT2D eigenvalue weighted by atomic mass is 19.1. The number of hydrogen-bond donors (Lipinski definition) is 0. The maximum atomic E-state index is 12.9. The van der Waals surface area contributed by atoms with Crippen LogP contribution in [0.4, 0.5) is 4.39 Å². The van der Waals surface area contributed by atoms with Crippen LogP contribution in [0.3, 0.4) is 0 Å². The molecule has 0 spiro atoms. The van der Waals surface area contributed by atoms with Crippen LogP contribution in [0.5, 0.6) is 0 Å². The smallest absolute Gasteiger partial charge is 0.326 e. The minimum atomic E-state index is -1.06. The van der Waals surface area contributed by atoms with Crippen molar-refractivity contribution in [2.75, 3.05) is 0 Å². The SMILES string of the molecule is C[C@H](OC(=O)Cn1cnc2ccccc2c1=O)C(=O)c1ccc(F)cc1. The first-order valence-corrected chi connectivity index (χ1v) is 7.89. The van der Waals surface area contributed by atoms with Gasteiger partial charge in [0.1, 0.15) is 12.4 Å². The average Bonchev–Trinajstić information content (AvgIpc) is 2.64. The number of nitrogens with zero attached hydrogens (tertiary/aromatic N) is 2. The fraction of sp³-hybridized carbons (Fsp3) is 0.158. The van der Waals surface area contributed by atoms with Crippen LogP contribution in [-0.2, 0) is 16.1 Å². The summed E-state index contributed by atoms with van der Waals surface area (Å²) in [7, 11) is 0. The first-order valence-electron chi connectivity index (χ1n) is 7.89. The summed E-state index contributed by atoms with van der Waals surface area (Å²) < 4.78 is 19.1. The Balaban J connectivity index is 1.70. The van der Waals surface area contributed by atoms with Crippen molar-refractivity contribution in [3.63, 3.8) is 0 Å². The third-order valence-corrected chi connectivity index (χ3v) is 3.84.